The predicted octanol–water partition coefficient (Wildman–Crippen LogP) is 2.35. The van der Waals surface area contributed by atoms with E-state index in [1.54, 1.807) is 26.0 Å². The average Bonchev–Trinajstić information content (AvgIpc) is 2.25. The number of aliphatic hydroxyl groups excluding tert-OH is 2. The van der Waals surface area contributed by atoms with Crippen LogP contribution in [0.3, 0.4) is 0 Å². The zero-order chi connectivity index (χ0) is 13.9. The lowest BCUT2D eigenvalue weighted by atomic mass is 10.1. The quantitative estimate of drug-likeness (QED) is 0.877. The molecule has 0 radical (unpaired) electrons. The van der Waals surface area contributed by atoms with Crippen molar-refractivity contribution >= 4 is 0 Å². The number of aliphatic hydroxyl groups is 2. The van der Waals surface area contributed by atoms with Crippen LogP contribution in [-0.2, 0) is 0 Å². The van der Waals surface area contributed by atoms with Crippen molar-refractivity contribution in [2.75, 3.05) is 6.61 Å². The molecule has 0 bridgehead atoms. The Morgan fingerprint density at radius 3 is 2.33 bits per heavy atom. The molecule has 18 heavy (non-hydrogen) atoms. The Bertz CT molecular complexity index is 402. The minimum absolute atomic E-state index is 0.253. The van der Waals surface area contributed by atoms with Gasteiger partial charge in [0.15, 0.2) is 6.10 Å². The number of hydrogen-bond donors (Lipinski definition) is 2. The fraction of sp³-hybridized carbons (Fsp3) is 0.500. The molecule has 0 aromatic heterocycles. The summed E-state index contributed by atoms with van der Waals surface area (Å²) < 4.78 is 41.1. The monoisotopic (exact) mass is 264 g/mol. The van der Waals surface area contributed by atoms with E-state index in [1.807, 2.05) is 0 Å². The average molecular weight is 264 g/mol. The molecule has 0 fully saturated rings. The van der Waals surface area contributed by atoms with Crippen LogP contribution in [0.4, 0.5) is 13.2 Å². The Balaban J connectivity index is 2.69. The molecule has 1 aromatic rings. The van der Waals surface area contributed by atoms with Crippen LogP contribution in [0.15, 0.2) is 18.2 Å². The van der Waals surface area contributed by atoms with Crippen molar-refractivity contribution in [1.82, 2.24) is 0 Å². The fourth-order valence-corrected chi connectivity index (χ4v) is 1.36. The number of ether oxygens (including phenoxy) is 1. The molecule has 1 aromatic carbocycles. The fourth-order valence-electron chi connectivity index (χ4n) is 1.36. The Labute approximate surface area is 103 Å². The van der Waals surface area contributed by atoms with Gasteiger partial charge in [-0.2, -0.15) is 13.2 Å². The van der Waals surface area contributed by atoms with E-state index in [4.69, 9.17) is 9.84 Å². The minimum Gasteiger partial charge on any atom is -0.490 e. The van der Waals surface area contributed by atoms with Gasteiger partial charge in [-0.3, -0.25) is 0 Å². The molecule has 0 heterocycles. The van der Waals surface area contributed by atoms with E-state index in [1.165, 1.54) is 6.07 Å². The summed E-state index contributed by atoms with van der Waals surface area (Å²) in [6, 6.07) is 4.66. The minimum atomic E-state index is -4.69. The van der Waals surface area contributed by atoms with Gasteiger partial charge in [-0.25, -0.2) is 0 Å². The lowest BCUT2D eigenvalue weighted by Crippen LogP contribution is -2.34. The van der Waals surface area contributed by atoms with Gasteiger partial charge in [-0.15, -0.1) is 0 Å². The van der Waals surface area contributed by atoms with E-state index in [9.17, 15) is 18.3 Å². The number of rotatable bonds is 4. The van der Waals surface area contributed by atoms with Crippen LogP contribution in [0.5, 0.6) is 5.75 Å². The van der Waals surface area contributed by atoms with E-state index in [-0.39, 0.29) is 5.75 Å². The third-order valence-corrected chi connectivity index (χ3v) is 2.46. The number of halogens is 3. The Morgan fingerprint density at radius 2 is 1.89 bits per heavy atom. The molecule has 2 N–H and O–H groups in total. The van der Waals surface area contributed by atoms with Crippen molar-refractivity contribution in [1.29, 1.82) is 0 Å². The Kier molecular flexibility index (Phi) is 4.59. The second-order valence-corrected chi connectivity index (χ2v) is 4.07. The third-order valence-electron chi connectivity index (χ3n) is 2.46. The molecule has 0 amide bonds. The van der Waals surface area contributed by atoms with E-state index in [0.717, 1.165) is 0 Å². The van der Waals surface area contributed by atoms with Crippen LogP contribution in [0.1, 0.15) is 24.2 Å². The smallest absolute Gasteiger partial charge is 0.417 e. The summed E-state index contributed by atoms with van der Waals surface area (Å²) in [5.41, 5.74) is 1.25. The van der Waals surface area contributed by atoms with Crippen molar-refractivity contribution in [3.8, 4) is 5.75 Å². The second-order valence-electron chi connectivity index (χ2n) is 4.07. The first kappa shape index (κ1) is 14.8. The normalized spacial score (nSPS) is 15.3. The lowest BCUT2D eigenvalue weighted by molar-refractivity contribution is -0.210. The van der Waals surface area contributed by atoms with Crippen molar-refractivity contribution < 1.29 is 28.1 Å². The van der Waals surface area contributed by atoms with Crippen molar-refractivity contribution in [3.05, 3.63) is 29.3 Å². The van der Waals surface area contributed by atoms with Gasteiger partial charge >= 0.3 is 6.18 Å². The van der Waals surface area contributed by atoms with Crippen LogP contribution < -0.4 is 4.74 Å². The first-order valence-corrected chi connectivity index (χ1v) is 5.38. The van der Waals surface area contributed by atoms with Gasteiger partial charge in [0.2, 0.25) is 0 Å². The van der Waals surface area contributed by atoms with Gasteiger partial charge in [-0.1, -0.05) is 6.07 Å². The summed E-state index contributed by atoms with van der Waals surface area (Å²) >= 11 is 0. The van der Waals surface area contributed by atoms with Crippen molar-refractivity contribution in [2.45, 2.75) is 32.2 Å². The summed E-state index contributed by atoms with van der Waals surface area (Å²) in [5, 5.41) is 18.1. The summed E-state index contributed by atoms with van der Waals surface area (Å²) in [6.45, 7) is 2.39. The predicted molar refractivity (Wildman–Crippen MR) is 59.4 cm³/mol. The zero-order valence-corrected chi connectivity index (χ0v) is 10.0. The molecule has 0 spiro atoms. The molecule has 2 atom stereocenters. The maximum absolute atomic E-state index is 12.1. The number of alkyl halides is 3. The van der Waals surface area contributed by atoms with Gasteiger partial charge < -0.3 is 14.9 Å². The van der Waals surface area contributed by atoms with Crippen LogP contribution in [0.25, 0.3) is 0 Å². The number of hydrogen-bond acceptors (Lipinski definition) is 3. The van der Waals surface area contributed by atoms with Gasteiger partial charge in [-0.05, 0) is 37.1 Å². The van der Waals surface area contributed by atoms with Crippen LogP contribution in [-0.4, -0.2) is 29.1 Å². The maximum atomic E-state index is 12.1. The van der Waals surface area contributed by atoms with Gasteiger partial charge in [0.25, 0.3) is 0 Å². The molecule has 0 aliphatic rings. The summed E-state index contributed by atoms with van der Waals surface area (Å²) in [5.74, 6) is 0.253. The molecule has 1 rings (SSSR count). The highest BCUT2D eigenvalue weighted by Gasteiger charge is 2.38. The van der Waals surface area contributed by atoms with Crippen LogP contribution in [0, 0.1) is 6.92 Å². The van der Waals surface area contributed by atoms with Gasteiger partial charge in [0.1, 0.15) is 12.4 Å². The SMILES string of the molecule is Cc1cc([C@@H](C)O)ccc1OCC(O)C(F)(F)F. The van der Waals surface area contributed by atoms with E-state index in [2.05, 4.69) is 0 Å². The zero-order valence-electron chi connectivity index (χ0n) is 10.0. The third kappa shape index (κ3) is 3.89. The summed E-state index contributed by atoms with van der Waals surface area (Å²) in [4.78, 5) is 0. The first-order chi connectivity index (χ1) is 8.21. The Hall–Kier alpha value is -1.27. The number of benzene rings is 1. The molecule has 102 valence electrons. The molecule has 0 aliphatic carbocycles. The molecule has 1 unspecified atom stereocenters. The lowest BCUT2D eigenvalue weighted by Gasteiger charge is -2.17. The summed E-state index contributed by atoms with van der Waals surface area (Å²) in [6.07, 6.45) is -7.85. The highest BCUT2D eigenvalue weighted by molar-refractivity contribution is 5.36. The second kappa shape index (κ2) is 5.58. The maximum Gasteiger partial charge on any atom is 0.417 e. The first-order valence-electron chi connectivity index (χ1n) is 5.38. The highest BCUT2D eigenvalue weighted by Crippen LogP contribution is 2.25. The molecule has 6 heteroatoms. The topological polar surface area (TPSA) is 49.7 Å². The van der Waals surface area contributed by atoms with Crippen molar-refractivity contribution in [3.63, 3.8) is 0 Å². The van der Waals surface area contributed by atoms with Crippen molar-refractivity contribution in [2.24, 2.45) is 0 Å². The molecule has 0 saturated heterocycles. The van der Waals surface area contributed by atoms with E-state index >= 15 is 0 Å². The molecular weight excluding hydrogens is 249 g/mol. The summed E-state index contributed by atoms with van der Waals surface area (Å²) in [7, 11) is 0. The molecule has 3 nitrogen and oxygen atoms in total. The molecular formula is C12H15F3O3. The standard InChI is InChI=1S/C12H15F3O3/c1-7-5-9(8(2)16)3-4-10(7)18-6-11(17)12(13,14)15/h3-5,8,11,16-17H,6H2,1-2H3/t8-,11?/m1/s1. The van der Waals surface area contributed by atoms with Gasteiger partial charge in [0, 0.05) is 0 Å². The largest absolute Gasteiger partial charge is 0.490 e. The van der Waals surface area contributed by atoms with E-state index in [0.29, 0.717) is 11.1 Å². The molecule has 0 saturated carbocycles. The van der Waals surface area contributed by atoms with E-state index < -0.39 is 25.0 Å². The number of aryl methyl sites for hydroxylation is 1. The Morgan fingerprint density at radius 1 is 1.28 bits per heavy atom. The van der Waals surface area contributed by atoms with Crippen LogP contribution in [0.2, 0.25) is 0 Å². The van der Waals surface area contributed by atoms with Crippen LogP contribution >= 0.6 is 0 Å². The van der Waals surface area contributed by atoms with Gasteiger partial charge in [0.05, 0.1) is 6.10 Å². The molecule has 0 aliphatic heterocycles. The highest BCUT2D eigenvalue weighted by atomic mass is 19.4.